The number of nitrogens with zero attached hydrogens (tertiary/aromatic N) is 3. The van der Waals surface area contributed by atoms with Gasteiger partial charge in [-0.2, -0.15) is 5.10 Å². The van der Waals surface area contributed by atoms with E-state index in [1.807, 2.05) is 37.3 Å². The summed E-state index contributed by atoms with van der Waals surface area (Å²) in [6.45, 7) is 2.49. The van der Waals surface area contributed by atoms with Crippen LogP contribution in [0.2, 0.25) is 0 Å². The third-order valence-corrected chi connectivity index (χ3v) is 6.89. The van der Waals surface area contributed by atoms with Gasteiger partial charge in [0.25, 0.3) is 5.91 Å². The lowest BCUT2D eigenvalue weighted by molar-refractivity contribution is 0.0670. The van der Waals surface area contributed by atoms with Crippen LogP contribution in [0.5, 0.6) is 5.75 Å². The Morgan fingerprint density at radius 3 is 2.57 bits per heavy atom. The van der Waals surface area contributed by atoms with Gasteiger partial charge in [0.2, 0.25) is 0 Å². The molecule has 0 bridgehead atoms. The maximum atomic E-state index is 13.4. The highest BCUT2D eigenvalue weighted by Crippen LogP contribution is 2.35. The molecule has 150 valence electrons. The summed E-state index contributed by atoms with van der Waals surface area (Å²) in [5.41, 5.74) is 1.10. The third kappa shape index (κ3) is 3.92. The molecule has 2 fully saturated rings. The van der Waals surface area contributed by atoms with Gasteiger partial charge in [0, 0.05) is 12.1 Å². The molecule has 0 radical (unpaired) electrons. The fraction of sp³-hybridized carbons (Fsp3) is 0.500. The first-order chi connectivity index (χ1) is 13.5. The van der Waals surface area contributed by atoms with Crippen LogP contribution in [0.25, 0.3) is 5.69 Å². The number of sulfone groups is 1. The zero-order valence-electron chi connectivity index (χ0n) is 16.0. The van der Waals surface area contributed by atoms with E-state index in [4.69, 9.17) is 4.74 Å². The van der Waals surface area contributed by atoms with Crippen molar-refractivity contribution >= 4 is 15.7 Å². The lowest BCUT2D eigenvalue weighted by Crippen LogP contribution is -2.43. The summed E-state index contributed by atoms with van der Waals surface area (Å²) in [7, 11) is -3.07. The van der Waals surface area contributed by atoms with Crippen molar-refractivity contribution in [2.24, 2.45) is 0 Å². The van der Waals surface area contributed by atoms with Crippen molar-refractivity contribution in [3.63, 3.8) is 0 Å². The summed E-state index contributed by atoms with van der Waals surface area (Å²) in [5.74, 6) is 0.401. The number of para-hydroxylation sites is 1. The maximum absolute atomic E-state index is 13.4. The van der Waals surface area contributed by atoms with Crippen LogP contribution in [0.3, 0.4) is 0 Å². The number of hydrogen-bond acceptors (Lipinski definition) is 5. The zero-order valence-corrected chi connectivity index (χ0v) is 16.8. The molecule has 1 saturated carbocycles. The van der Waals surface area contributed by atoms with Gasteiger partial charge in [-0.3, -0.25) is 4.79 Å². The van der Waals surface area contributed by atoms with Crippen LogP contribution in [-0.4, -0.2) is 59.2 Å². The van der Waals surface area contributed by atoms with Crippen molar-refractivity contribution < 1.29 is 17.9 Å². The summed E-state index contributed by atoms with van der Waals surface area (Å²) in [5, 5.41) is 4.52. The van der Waals surface area contributed by atoms with Crippen LogP contribution in [-0.2, 0) is 9.84 Å². The lowest BCUT2D eigenvalue weighted by Gasteiger charge is -2.27. The van der Waals surface area contributed by atoms with E-state index < -0.39 is 9.84 Å². The number of carbonyl (C=O) groups is 1. The molecular weight excluding hydrogens is 378 g/mol. The molecule has 0 N–H and O–H groups in total. The molecule has 1 aromatic carbocycles. The summed E-state index contributed by atoms with van der Waals surface area (Å²) in [6, 6.07) is 9.39. The van der Waals surface area contributed by atoms with E-state index in [-0.39, 0.29) is 35.2 Å². The first-order valence-electron chi connectivity index (χ1n) is 9.79. The predicted octanol–water partition coefficient (Wildman–Crippen LogP) is 2.45. The first-order valence-corrected chi connectivity index (χ1v) is 11.6. The van der Waals surface area contributed by atoms with Crippen LogP contribution in [0.1, 0.15) is 43.1 Å². The number of rotatable bonds is 7. The second-order valence-electron chi connectivity index (χ2n) is 7.47. The predicted molar refractivity (Wildman–Crippen MR) is 106 cm³/mol. The van der Waals surface area contributed by atoms with E-state index in [1.54, 1.807) is 15.8 Å². The largest absolute Gasteiger partial charge is 0.489 e. The van der Waals surface area contributed by atoms with Gasteiger partial charge >= 0.3 is 0 Å². The molecule has 1 saturated heterocycles. The van der Waals surface area contributed by atoms with Gasteiger partial charge in [0.05, 0.1) is 30.0 Å². The Bertz CT molecular complexity index is 951. The van der Waals surface area contributed by atoms with Crippen LogP contribution in [0.4, 0.5) is 0 Å². The molecule has 1 aromatic heterocycles. The summed E-state index contributed by atoms with van der Waals surface area (Å²) in [6.07, 6.45) is 4.86. The van der Waals surface area contributed by atoms with E-state index in [2.05, 4.69) is 5.10 Å². The molecule has 1 atom stereocenters. The van der Waals surface area contributed by atoms with Gasteiger partial charge in [-0.25, -0.2) is 13.1 Å². The Morgan fingerprint density at radius 1 is 1.21 bits per heavy atom. The molecule has 7 nitrogen and oxygen atoms in total. The second kappa shape index (κ2) is 7.58. The van der Waals surface area contributed by atoms with Gasteiger partial charge < -0.3 is 9.64 Å². The van der Waals surface area contributed by atoms with Gasteiger partial charge in [-0.1, -0.05) is 25.1 Å². The number of ether oxygens (including phenoxy) is 1. The normalized spacial score (nSPS) is 20.8. The van der Waals surface area contributed by atoms with Crippen LogP contribution in [0.15, 0.2) is 36.5 Å². The van der Waals surface area contributed by atoms with Crippen LogP contribution >= 0.6 is 0 Å². The average molecular weight is 404 g/mol. The average Bonchev–Trinajstić information content (AvgIpc) is 3.31. The molecule has 2 heterocycles. The molecule has 0 spiro atoms. The van der Waals surface area contributed by atoms with Gasteiger partial charge in [0.15, 0.2) is 21.3 Å². The highest BCUT2D eigenvalue weighted by molar-refractivity contribution is 7.91. The van der Waals surface area contributed by atoms with Crippen LogP contribution < -0.4 is 4.74 Å². The quantitative estimate of drug-likeness (QED) is 0.709. The minimum absolute atomic E-state index is 0.0415. The number of amides is 1. The fourth-order valence-electron chi connectivity index (χ4n) is 3.64. The number of hydrogen-bond donors (Lipinski definition) is 0. The molecule has 4 rings (SSSR count). The Labute approximate surface area is 165 Å². The van der Waals surface area contributed by atoms with Crippen molar-refractivity contribution in [3.05, 3.63) is 42.2 Å². The number of carbonyl (C=O) groups excluding carboxylic acids is 1. The molecule has 2 aliphatic rings. The van der Waals surface area contributed by atoms with E-state index in [1.165, 1.54) is 0 Å². The maximum Gasteiger partial charge on any atom is 0.278 e. The lowest BCUT2D eigenvalue weighted by atomic mass is 10.2. The number of benzene rings is 1. The van der Waals surface area contributed by atoms with E-state index in [9.17, 15) is 13.2 Å². The Hall–Kier alpha value is -2.35. The van der Waals surface area contributed by atoms with Gasteiger partial charge in [0.1, 0.15) is 0 Å². The fourth-order valence-corrected chi connectivity index (χ4v) is 5.35. The number of aromatic nitrogens is 2. The molecule has 1 aliphatic carbocycles. The smallest absolute Gasteiger partial charge is 0.278 e. The highest BCUT2D eigenvalue weighted by atomic mass is 32.2. The van der Waals surface area contributed by atoms with E-state index in [0.29, 0.717) is 18.8 Å². The monoisotopic (exact) mass is 403 g/mol. The van der Waals surface area contributed by atoms with E-state index in [0.717, 1.165) is 24.9 Å². The minimum atomic E-state index is -3.07. The van der Waals surface area contributed by atoms with Crippen molar-refractivity contribution in [2.75, 3.05) is 18.1 Å². The Balaban J connectivity index is 1.67. The summed E-state index contributed by atoms with van der Waals surface area (Å²) >= 11 is 0. The summed E-state index contributed by atoms with van der Waals surface area (Å²) < 4.78 is 31.4. The second-order valence-corrected chi connectivity index (χ2v) is 9.70. The van der Waals surface area contributed by atoms with Crippen molar-refractivity contribution in [1.29, 1.82) is 0 Å². The standard InChI is InChI=1S/C20H25N3O4S/c1-2-11-27-18-13-22(15-6-4-3-5-7-15)21-19(18)20(24)23(16-8-9-16)17-10-12-28(25,26)14-17/h3-7,13,16-17H,2,8-12,14H2,1H3. The minimum Gasteiger partial charge on any atom is -0.489 e. The molecule has 8 heteroatoms. The molecule has 28 heavy (non-hydrogen) atoms. The Morgan fingerprint density at radius 2 is 1.96 bits per heavy atom. The first kappa shape index (κ1) is 19.0. The molecule has 2 aromatic rings. The van der Waals surface area contributed by atoms with Gasteiger partial charge in [-0.05, 0) is 37.8 Å². The van der Waals surface area contributed by atoms with Crippen molar-refractivity contribution in [3.8, 4) is 11.4 Å². The van der Waals surface area contributed by atoms with Crippen LogP contribution in [0, 0.1) is 0 Å². The SMILES string of the molecule is CCCOc1cn(-c2ccccc2)nc1C(=O)N(C1CC1)C1CCS(=O)(=O)C1. The van der Waals surface area contributed by atoms with Crippen molar-refractivity contribution in [1.82, 2.24) is 14.7 Å². The zero-order chi connectivity index (χ0) is 19.7. The van der Waals surface area contributed by atoms with Crippen molar-refractivity contribution in [2.45, 2.75) is 44.7 Å². The summed E-state index contributed by atoms with van der Waals surface area (Å²) in [4.78, 5) is 15.2. The third-order valence-electron chi connectivity index (χ3n) is 5.14. The molecule has 1 unspecified atom stereocenters. The Kier molecular flexibility index (Phi) is 5.14. The van der Waals surface area contributed by atoms with Gasteiger partial charge in [-0.15, -0.1) is 0 Å². The topological polar surface area (TPSA) is 81.5 Å². The molecular formula is C20H25N3O4S. The highest BCUT2D eigenvalue weighted by Gasteiger charge is 2.43. The van der Waals surface area contributed by atoms with E-state index >= 15 is 0 Å². The molecule has 1 aliphatic heterocycles. The molecule has 1 amide bonds.